The van der Waals surface area contributed by atoms with Crippen LogP contribution in [0.4, 0.5) is 11.5 Å². The molecule has 0 aliphatic carbocycles. The van der Waals surface area contributed by atoms with Crippen LogP contribution in [-0.2, 0) is 0 Å². The van der Waals surface area contributed by atoms with Crippen molar-refractivity contribution in [3.63, 3.8) is 0 Å². The fourth-order valence-electron chi connectivity index (χ4n) is 4.99. The van der Waals surface area contributed by atoms with Crippen molar-refractivity contribution in [1.82, 2.24) is 9.97 Å². The molecule has 1 unspecified atom stereocenters. The summed E-state index contributed by atoms with van der Waals surface area (Å²) < 4.78 is 0. The first-order valence-electron chi connectivity index (χ1n) is 16.0. The molecule has 0 bridgehead atoms. The molecule has 1 atom stereocenters. The maximum Gasteiger partial charge on any atom is 0.133 e. The predicted octanol–water partition coefficient (Wildman–Crippen LogP) is 12.0. The number of aryl methyl sites for hydroxylation is 2. The van der Waals surface area contributed by atoms with Gasteiger partial charge in [0.15, 0.2) is 0 Å². The van der Waals surface area contributed by atoms with Gasteiger partial charge in [0.25, 0.3) is 0 Å². The van der Waals surface area contributed by atoms with Crippen molar-refractivity contribution in [1.29, 1.82) is 0 Å². The van der Waals surface area contributed by atoms with Gasteiger partial charge in [-0.3, -0.25) is 4.98 Å². The van der Waals surface area contributed by atoms with E-state index in [0.717, 1.165) is 52.8 Å². The minimum atomic E-state index is 0.259. The number of nitrogens with zero attached hydrogens (tertiary/aromatic N) is 3. The van der Waals surface area contributed by atoms with Crippen LogP contribution in [0.3, 0.4) is 0 Å². The second-order valence-corrected chi connectivity index (χ2v) is 13.6. The van der Waals surface area contributed by atoms with Crippen molar-refractivity contribution in [3.05, 3.63) is 132 Å². The zero-order chi connectivity index (χ0) is 31.0. The van der Waals surface area contributed by atoms with E-state index in [-0.39, 0.29) is 5.92 Å². The molecule has 2 aromatic carbocycles. The van der Waals surface area contributed by atoms with Gasteiger partial charge < -0.3 is 4.90 Å². The monoisotopic (exact) mass is 621 g/mol. The minimum absolute atomic E-state index is 0.259. The number of allylic oxidation sites excluding steroid dienone is 3. The van der Waals surface area contributed by atoms with E-state index in [0.29, 0.717) is 0 Å². The van der Waals surface area contributed by atoms with Gasteiger partial charge in [-0.25, -0.2) is 4.98 Å². The van der Waals surface area contributed by atoms with Crippen LogP contribution in [0.5, 0.6) is 0 Å². The van der Waals surface area contributed by atoms with Crippen molar-refractivity contribution in [2.75, 3.05) is 11.4 Å². The molecule has 4 aromatic rings. The molecule has 4 rings (SSSR count). The Hall–Kier alpha value is -3.28. The molecule has 5 heteroatoms. The number of anilines is 2. The summed E-state index contributed by atoms with van der Waals surface area (Å²) in [5.41, 5.74) is 6.14. The number of hydrogen-bond acceptors (Lipinski definition) is 5. The lowest BCUT2D eigenvalue weighted by Gasteiger charge is -2.23. The number of rotatable bonds is 17. The first-order valence-corrected chi connectivity index (χ1v) is 18.2. The average Bonchev–Trinajstić information content (AvgIpc) is 3.05. The molecule has 2 heterocycles. The third-order valence-electron chi connectivity index (χ3n) is 7.63. The van der Waals surface area contributed by atoms with E-state index in [9.17, 15) is 0 Å². The fraction of sp³-hybridized carbons (Fsp3) is 0.333. The topological polar surface area (TPSA) is 29.0 Å². The predicted molar refractivity (Wildman–Crippen MR) is 193 cm³/mol. The lowest BCUT2D eigenvalue weighted by atomic mass is 9.91. The Morgan fingerprint density at radius 3 is 1.98 bits per heavy atom. The van der Waals surface area contributed by atoms with Crippen molar-refractivity contribution in [2.45, 2.75) is 88.3 Å². The highest BCUT2D eigenvalue weighted by atomic mass is 33.1. The number of unbranched alkanes of at least 4 members (excludes halogenated alkanes) is 4. The number of benzene rings is 2. The minimum Gasteiger partial charge on any atom is -0.323 e. The van der Waals surface area contributed by atoms with Crippen molar-refractivity contribution >= 4 is 33.1 Å². The summed E-state index contributed by atoms with van der Waals surface area (Å²) in [4.78, 5) is 14.3. The van der Waals surface area contributed by atoms with Gasteiger partial charge in [0.2, 0.25) is 0 Å². The first kappa shape index (κ1) is 33.6. The molecular weight excluding hydrogens is 575 g/mol. The zero-order valence-electron chi connectivity index (χ0n) is 26.8. The molecule has 44 heavy (non-hydrogen) atoms. The average molecular weight is 622 g/mol. The standard InChI is InChI=1S/C39H47N3S2/c1-5-7-9-10-11-12-13-15-37(33-20-16-31(3)17-21-33)38-26-24-35(29-40-38)43-44-36-25-27-39(41-30-36)42(28-14-8-6-2)34-22-18-32(4)19-23-34/h8,12-14,16-27,29-30,37H,5-7,9-11,15,28H2,1-4H3/b13-12+,14-8+. The molecule has 0 spiro atoms. The zero-order valence-corrected chi connectivity index (χ0v) is 28.4. The SMILES string of the molecule is CC/C=C/CN(c1ccc(C)cc1)c1ccc(SSc2ccc(C(C/C=C/CCCCCC)c3ccc(C)cc3)nc2)cn1. The molecule has 0 N–H and O–H groups in total. The number of pyridine rings is 2. The molecule has 3 nitrogen and oxygen atoms in total. The van der Waals surface area contributed by atoms with Crippen molar-refractivity contribution in [3.8, 4) is 0 Å². The highest BCUT2D eigenvalue weighted by molar-refractivity contribution is 8.76. The normalized spacial score (nSPS) is 12.3. The summed E-state index contributed by atoms with van der Waals surface area (Å²) >= 11 is 0. The lowest BCUT2D eigenvalue weighted by Crippen LogP contribution is -2.18. The third-order valence-corrected chi connectivity index (χ3v) is 9.98. The molecule has 230 valence electrons. The highest BCUT2D eigenvalue weighted by Gasteiger charge is 2.15. The second kappa shape index (κ2) is 18.5. The molecule has 2 aromatic heterocycles. The quantitative estimate of drug-likeness (QED) is 0.0664. The van der Waals surface area contributed by atoms with Gasteiger partial charge in [-0.15, -0.1) is 0 Å². The maximum absolute atomic E-state index is 4.95. The van der Waals surface area contributed by atoms with Crippen molar-refractivity contribution < 1.29 is 0 Å². The van der Waals surface area contributed by atoms with E-state index in [4.69, 9.17) is 9.97 Å². The van der Waals surface area contributed by atoms with E-state index >= 15 is 0 Å². The van der Waals surface area contributed by atoms with E-state index < -0.39 is 0 Å². The molecule has 0 saturated heterocycles. The van der Waals surface area contributed by atoms with Crippen LogP contribution in [-0.4, -0.2) is 16.5 Å². The van der Waals surface area contributed by atoms with Gasteiger partial charge in [0, 0.05) is 46.0 Å². The van der Waals surface area contributed by atoms with Gasteiger partial charge in [0.05, 0.1) is 0 Å². The Morgan fingerprint density at radius 2 is 1.36 bits per heavy atom. The summed E-state index contributed by atoms with van der Waals surface area (Å²) in [5, 5.41) is 0. The van der Waals surface area contributed by atoms with Crippen LogP contribution in [0.15, 0.2) is 119 Å². The first-order chi connectivity index (χ1) is 21.6. The Morgan fingerprint density at radius 1 is 0.682 bits per heavy atom. The van der Waals surface area contributed by atoms with Gasteiger partial charge >= 0.3 is 0 Å². The Kier molecular flexibility index (Phi) is 14.1. The Bertz CT molecular complexity index is 1430. The van der Waals surface area contributed by atoms with E-state index in [2.05, 4.69) is 130 Å². The van der Waals surface area contributed by atoms with E-state index in [1.807, 2.05) is 12.4 Å². The summed E-state index contributed by atoms with van der Waals surface area (Å²) in [7, 11) is 3.45. The molecule has 0 radical (unpaired) electrons. The summed E-state index contributed by atoms with van der Waals surface area (Å²) in [6.07, 6.45) is 21.5. The van der Waals surface area contributed by atoms with Crippen LogP contribution in [0, 0.1) is 13.8 Å². The lowest BCUT2D eigenvalue weighted by molar-refractivity contribution is 0.673. The molecule has 0 aliphatic rings. The number of aromatic nitrogens is 2. The van der Waals surface area contributed by atoms with Crippen LogP contribution in [0.1, 0.15) is 87.1 Å². The Balaban J connectivity index is 1.39. The van der Waals surface area contributed by atoms with Crippen LogP contribution in [0.25, 0.3) is 0 Å². The van der Waals surface area contributed by atoms with Crippen LogP contribution >= 0.6 is 21.6 Å². The molecule has 0 saturated carbocycles. The Labute approximate surface area is 273 Å². The van der Waals surface area contributed by atoms with Crippen LogP contribution in [0.2, 0.25) is 0 Å². The molecular formula is C39H47N3S2. The second-order valence-electron chi connectivity index (χ2n) is 11.3. The molecule has 0 fully saturated rings. The molecule has 0 aliphatic heterocycles. The fourth-order valence-corrected chi connectivity index (χ4v) is 6.79. The number of hydrogen-bond donors (Lipinski definition) is 0. The summed E-state index contributed by atoms with van der Waals surface area (Å²) in [5.74, 6) is 1.21. The van der Waals surface area contributed by atoms with Crippen LogP contribution < -0.4 is 4.90 Å². The summed E-state index contributed by atoms with van der Waals surface area (Å²) in [6, 6.07) is 26.3. The van der Waals surface area contributed by atoms with Crippen molar-refractivity contribution in [2.24, 2.45) is 0 Å². The van der Waals surface area contributed by atoms with Gasteiger partial charge in [-0.2, -0.15) is 0 Å². The third kappa shape index (κ3) is 10.7. The largest absolute Gasteiger partial charge is 0.323 e. The maximum atomic E-state index is 4.95. The van der Waals surface area contributed by atoms with E-state index in [1.54, 1.807) is 21.6 Å². The summed E-state index contributed by atoms with van der Waals surface area (Å²) in [6.45, 7) is 9.48. The van der Waals surface area contributed by atoms with Gasteiger partial charge in [-0.1, -0.05) is 127 Å². The van der Waals surface area contributed by atoms with Gasteiger partial charge in [0.1, 0.15) is 5.82 Å². The van der Waals surface area contributed by atoms with Gasteiger partial charge in [-0.05, 0) is 81.5 Å². The van der Waals surface area contributed by atoms with E-state index in [1.165, 1.54) is 42.4 Å². The smallest absolute Gasteiger partial charge is 0.133 e. The molecule has 0 amide bonds. The highest BCUT2D eigenvalue weighted by Crippen LogP contribution is 2.38.